The van der Waals surface area contributed by atoms with Crippen LogP contribution in [0.25, 0.3) is 0 Å². The summed E-state index contributed by atoms with van der Waals surface area (Å²) in [7, 11) is 0. The first-order valence-corrected chi connectivity index (χ1v) is 7.00. The van der Waals surface area contributed by atoms with Crippen molar-refractivity contribution in [1.82, 2.24) is 5.32 Å². The number of carbonyl (C=O) groups excluding carboxylic acids is 2. The van der Waals surface area contributed by atoms with Crippen molar-refractivity contribution in [3.63, 3.8) is 0 Å². The maximum absolute atomic E-state index is 11.7. The molecular formula is C16H24N2O2. The standard InChI is InChI=1S/C16H24N2O2/c1-5-6-14(19)17-11-15(20)18-13-9-7-12(8-10-13)16(2,3)4/h7-10H,5-6,11H2,1-4H3,(H,17,19)(H,18,20). The normalized spacial score (nSPS) is 11.0. The number of amides is 2. The maximum atomic E-state index is 11.7. The summed E-state index contributed by atoms with van der Waals surface area (Å²) in [4.78, 5) is 22.9. The van der Waals surface area contributed by atoms with Gasteiger partial charge in [-0.3, -0.25) is 9.59 Å². The Hall–Kier alpha value is -1.84. The van der Waals surface area contributed by atoms with Crippen LogP contribution in [0.5, 0.6) is 0 Å². The number of benzene rings is 1. The lowest BCUT2D eigenvalue weighted by atomic mass is 9.87. The average Bonchev–Trinajstić information content (AvgIpc) is 2.36. The van der Waals surface area contributed by atoms with Crippen LogP contribution in [-0.2, 0) is 15.0 Å². The van der Waals surface area contributed by atoms with Gasteiger partial charge in [-0.25, -0.2) is 0 Å². The van der Waals surface area contributed by atoms with Gasteiger partial charge in [-0.2, -0.15) is 0 Å². The fraction of sp³-hybridized carbons (Fsp3) is 0.500. The first-order chi connectivity index (χ1) is 9.32. The van der Waals surface area contributed by atoms with Crippen molar-refractivity contribution >= 4 is 17.5 Å². The highest BCUT2D eigenvalue weighted by Crippen LogP contribution is 2.23. The van der Waals surface area contributed by atoms with Crippen LogP contribution < -0.4 is 10.6 Å². The Morgan fingerprint density at radius 1 is 1.05 bits per heavy atom. The van der Waals surface area contributed by atoms with Gasteiger partial charge in [0.25, 0.3) is 0 Å². The molecule has 0 aromatic heterocycles. The van der Waals surface area contributed by atoms with Gasteiger partial charge in [0, 0.05) is 12.1 Å². The molecule has 0 unspecified atom stereocenters. The fourth-order valence-electron chi connectivity index (χ4n) is 1.75. The summed E-state index contributed by atoms with van der Waals surface area (Å²) in [5, 5.41) is 5.35. The molecular weight excluding hydrogens is 252 g/mol. The van der Waals surface area contributed by atoms with Gasteiger partial charge in [-0.05, 0) is 29.5 Å². The van der Waals surface area contributed by atoms with Crippen molar-refractivity contribution in [3.8, 4) is 0 Å². The molecule has 2 amide bonds. The van der Waals surface area contributed by atoms with Gasteiger partial charge in [0.05, 0.1) is 6.54 Å². The molecule has 0 saturated heterocycles. The Bertz CT molecular complexity index is 458. The summed E-state index contributed by atoms with van der Waals surface area (Å²) in [5.74, 6) is -0.302. The molecule has 2 N–H and O–H groups in total. The van der Waals surface area contributed by atoms with Crippen molar-refractivity contribution in [1.29, 1.82) is 0 Å². The molecule has 1 rings (SSSR count). The number of anilines is 1. The zero-order valence-electron chi connectivity index (χ0n) is 12.7. The molecule has 110 valence electrons. The van der Waals surface area contributed by atoms with E-state index in [4.69, 9.17) is 0 Å². The van der Waals surface area contributed by atoms with Gasteiger partial charge < -0.3 is 10.6 Å². The van der Waals surface area contributed by atoms with Crippen molar-refractivity contribution in [2.45, 2.75) is 46.0 Å². The van der Waals surface area contributed by atoms with E-state index in [9.17, 15) is 9.59 Å². The summed E-state index contributed by atoms with van der Waals surface area (Å²) in [6, 6.07) is 7.77. The van der Waals surface area contributed by atoms with Crippen LogP contribution in [0.4, 0.5) is 5.69 Å². The lowest BCUT2D eigenvalue weighted by Gasteiger charge is -2.19. The van der Waals surface area contributed by atoms with Crippen molar-refractivity contribution in [2.75, 3.05) is 11.9 Å². The molecule has 4 heteroatoms. The van der Waals surface area contributed by atoms with Crippen molar-refractivity contribution < 1.29 is 9.59 Å². The summed E-state index contributed by atoms with van der Waals surface area (Å²) in [6.07, 6.45) is 1.23. The third kappa shape index (κ3) is 5.43. The molecule has 0 heterocycles. The van der Waals surface area contributed by atoms with Crippen LogP contribution in [0.3, 0.4) is 0 Å². The van der Waals surface area contributed by atoms with E-state index in [2.05, 4.69) is 31.4 Å². The van der Waals surface area contributed by atoms with Gasteiger partial charge in [0.1, 0.15) is 0 Å². The number of hydrogen-bond acceptors (Lipinski definition) is 2. The van der Waals surface area contributed by atoms with E-state index in [0.29, 0.717) is 6.42 Å². The lowest BCUT2D eigenvalue weighted by molar-refractivity contribution is -0.124. The predicted molar refractivity (Wildman–Crippen MR) is 81.7 cm³/mol. The molecule has 0 spiro atoms. The number of nitrogens with one attached hydrogen (secondary N) is 2. The zero-order chi connectivity index (χ0) is 15.2. The van der Waals surface area contributed by atoms with E-state index in [1.807, 2.05) is 31.2 Å². The zero-order valence-corrected chi connectivity index (χ0v) is 12.7. The van der Waals surface area contributed by atoms with Crippen molar-refractivity contribution in [3.05, 3.63) is 29.8 Å². The summed E-state index contributed by atoms with van der Waals surface area (Å²) < 4.78 is 0. The van der Waals surface area contributed by atoms with Gasteiger partial charge in [-0.1, -0.05) is 39.8 Å². The fourth-order valence-corrected chi connectivity index (χ4v) is 1.75. The van der Waals surface area contributed by atoms with Gasteiger partial charge >= 0.3 is 0 Å². The minimum absolute atomic E-state index is 0.0137. The molecule has 0 aliphatic carbocycles. The molecule has 0 bridgehead atoms. The Kier molecular flexibility index (Phi) is 5.74. The van der Waals surface area contributed by atoms with Gasteiger partial charge in [-0.15, -0.1) is 0 Å². The highest BCUT2D eigenvalue weighted by Gasteiger charge is 2.13. The van der Waals surface area contributed by atoms with Gasteiger partial charge in [0.2, 0.25) is 11.8 Å². The Morgan fingerprint density at radius 3 is 2.15 bits per heavy atom. The largest absolute Gasteiger partial charge is 0.347 e. The second-order valence-electron chi connectivity index (χ2n) is 5.90. The highest BCUT2D eigenvalue weighted by molar-refractivity contribution is 5.94. The predicted octanol–water partition coefficient (Wildman–Crippen LogP) is 2.84. The lowest BCUT2D eigenvalue weighted by Crippen LogP contribution is -2.32. The molecule has 0 radical (unpaired) electrons. The molecule has 1 aromatic carbocycles. The molecule has 0 fully saturated rings. The second-order valence-corrected chi connectivity index (χ2v) is 5.90. The molecule has 0 saturated carbocycles. The van der Waals surface area contributed by atoms with E-state index in [1.165, 1.54) is 5.56 Å². The summed E-state index contributed by atoms with van der Waals surface area (Å²) in [5.41, 5.74) is 2.05. The van der Waals surface area contributed by atoms with Gasteiger partial charge in [0.15, 0.2) is 0 Å². The average molecular weight is 276 g/mol. The number of rotatable bonds is 5. The Morgan fingerprint density at radius 2 is 1.65 bits per heavy atom. The molecule has 1 aromatic rings. The first kappa shape index (κ1) is 16.2. The smallest absolute Gasteiger partial charge is 0.243 e. The topological polar surface area (TPSA) is 58.2 Å². The SMILES string of the molecule is CCCC(=O)NCC(=O)Nc1ccc(C(C)(C)C)cc1. The van der Waals surface area contributed by atoms with E-state index in [1.54, 1.807) is 0 Å². The molecule has 0 atom stereocenters. The van der Waals surface area contributed by atoms with E-state index < -0.39 is 0 Å². The Balaban J connectivity index is 2.48. The summed E-state index contributed by atoms with van der Waals surface area (Å²) >= 11 is 0. The van der Waals surface area contributed by atoms with Crippen LogP contribution in [0.15, 0.2) is 24.3 Å². The van der Waals surface area contributed by atoms with E-state index in [-0.39, 0.29) is 23.8 Å². The van der Waals surface area contributed by atoms with Crippen LogP contribution in [-0.4, -0.2) is 18.4 Å². The molecule has 0 aliphatic heterocycles. The maximum Gasteiger partial charge on any atom is 0.243 e. The first-order valence-electron chi connectivity index (χ1n) is 7.00. The second kappa shape index (κ2) is 7.08. The van der Waals surface area contributed by atoms with Crippen LogP contribution in [0, 0.1) is 0 Å². The third-order valence-corrected chi connectivity index (χ3v) is 2.96. The number of carbonyl (C=O) groups is 2. The van der Waals surface area contributed by atoms with Crippen molar-refractivity contribution in [2.24, 2.45) is 0 Å². The van der Waals surface area contributed by atoms with E-state index >= 15 is 0 Å². The highest BCUT2D eigenvalue weighted by atomic mass is 16.2. The minimum atomic E-state index is -0.210. The van der Waals surface area contributed by atoms with E-state index in [0.717, 1.165) is 12.1 Å². The monoisotopic (exact) mass is 276 g/mol. The molecule has 20 heavy (non-hydrogen) atoms. The van der Waals surface area contributed by atoms with Crippen LogP contribution in [0.2, 0.25) is 0 Å². The van der Waals surface area contributed by atoms with Crippen LogP contribution >= 0.6 is 0 Å². The molecule has 0 aliphatic rings. The minimum Gasteiger partial charge on any atom is -0.347 e. The molecule has 4 nitrogen and oxygen atoms in total. The van der Waals surface area contributed by atoms with Crippen LogP contribution in [0.1, 0.15) is 46.1 Å². The summed E-state index contributed by atoms with van der Waals surface area (Å²) in [6.45, 7) is 8.37. The third-order valence-electron chi connectivity index (χ3n) is 2.96. The Labute approximate surface area is 121 Å². The quantitative estimate of drug-likeness (QED) is 0.868. The number of hydrogen-bond donors (Lipinski definition) is 2.